The van der Waals surface area contributed by atoms with E-state index in [0.29, 0.717) is 13.1 Å². The molecular formula is C24H30N2O2. The van der Waals surface area contributed by atoms with Crippen molar-refractivity contribution in [3.63, 3.8) is 0 Å². The first-order valence-corrected chi connectivity index (χ1v) is 10.5. The maximum Gasteiger partial charge on any atom is 0.248 e. The number of nitrogens with zero attached hydrogens (tertiary/aromatic N) is 2. The minimum absolute atomic E-state index is 0.186. The Kier molecular flexibility index (Phi) is 5.79. The summed E-state index contributed by atoms with van der Waals surface area (Å²) in [6.45, 7) is 5.62. The molecule has 1 fully saturated rings. The van der Waals surface area contributed by atoms with Crippen molar-refractivity contribution in [2.75, 3.05) is 26.2 Å². The lowest BCUT2D eigenvalue weighted by atomic mass is 9.94. The molecule has 0 saturated carbocycles. The predicted octanol–water partition coefficient (Wildman–Crippen LogP) is 3.26. The van der Waals surface area contributed by atoms with Gasteiger partial charge in [0, 0.05) is 25.7 Å². The molecule has 2 aliphatic rings. The third-order valence-corrected chi connectivity index (χ3v) is 6.37. The summed E-state index contributed by atoms with van der Waals surface area (Å²) in [6.07, 6.45) is 4.64. The molecule has 1 N–H and O–H groups in total. The first-order valence-electron chi connectivity index (χ1n) is 10.5. The van der Waals surface area contributed by atoms with Gasteiger partial charge in [-0.1, -0.05) is 42.5 Å². The predicted molar refractivity (Wildman–Crippen MR) is 112 cm³/mol. The number of rotatable bonds is 5. The number of carbonyl (C=O) groups excluding carboxylic acids is 1. The Balaban J connectivity index is 1.41. The Morgan fingerprint density at radius 1 is 1.07 bits per heavy atom. The highest BCUT2D eigenvalue weighted by Crippen LogP contribution is 2.27. The molecule has 148 valence electrons. The van der Waals surface area contributed by atoms with Crippen LogP contribution in [0.3, 0.4) is 0 Å². The van der Waals surface area contributed by atoms with E-state index in [1.165, 1.54) is 47.2 Å². The topological polar surface area (TPSA) is 43.8 Å². The van der Waals surface area contributed by atoms with E-state index < -0.39 is 6.61 Å². The third-order valence-electron chi connectivity index (χ3n) is 6.37. The van der Waals surface area contributed by atoms with Crippen molar-refractivity contribution in [2.24, 2.45) is 0 Å². The highest BCUT2D eigenvalue weighted by Gasteiger charge is 2.21. The van der Waals surface area contributed by atoms with Gasteiger partial charge in [0.15, 0.2) is 0 Å². The lowest BCUT2D eigenvalue weighted by molar-refractivity contribution is -0.135. The second-order valence-corrected chi connectivity index (χ2v) is 8.18. The molecule has 1 saturated heterocycles. The largest absolute Gasteiger partial charge is 0.387 e. The monoisotopic (exact) mass is 378 g/mol. The van der Waals surface area contributed by atoms with Crippen molar-refractivity contribution in [1.29, 1.82) is 0 Å². The fraction of sp³-hybridized carbons (Fsp3) is 0.458. The number of amides is 1. The molecule has 2 aromatic rings. The first kappa shape index (κ1) is 19.2. The van der Waals surface area contributed by atoms with Crippen molar-refractivity contribution < 1.29 is 9.90 Å². The van der Waals surface area contributed by atoms with Gasteiger partial charge < -0.3 is 14.9 Å². The molecule has 2 heterocycles. The zero-order chi connectivity index (χ0) is 19.5. The molecule has 1 unspecified atom stereocenters. The van der Waals surface area contributed by atoms with Crippen LogP contribution in [-0.4, -0.2) is 53.1 Å². The number of hydrogen-bond donors (Lipinski definition) is 1. The summed E-state index contributed by atoms with van der Waals surface area (Å²) in [4.78, 5) is 16.1. The van der Waals surface area contributed by atoms with Crippen LogP contribution in [0.15, 0.2) is 42.5 Å². The summed E-state index contributed by atoms with van der Waals surface area (Å²) in [5.41, 5.74) is 6.38. The van der Waals surface area contributed by atoms with E-state index in [1.54, 1.807) is 4.90 Å². The fourth-order valence-electron chi connectivity index (χ4n) is 4.51. The van der Waals surface area contributed by atoms with Gasteiger partial charge in [-0.05, 0) is 67.0 Å². The van der Waals surface area contributed by atoms with Crippen LogP contribution in [0.4, 0.5) is 0 Å². The van der Waals surface area contributed by atoms with Gasteiger partial charge in [-0.2, -0.15) is 0 Å². The van der Waals surface area contributed by atoms with Gasteiger partial charge in [-0.3, -0.25) is 4.79 Å². The number of aliphatic hydroxyl groups excluding tert-OH is 1. The summed E-state index contributed by atoms with van der Waals surface area (Å²) in [5, 5.41) is 9.07. The van der Waals surface area contributed by atoms with Gasteiger partial charge in [-0.25, -0.2) is 0 Å². The number of likely N-dealkylation sites (tertiary alicyclic amines) is 1. The summed E-state index contributed by atoms with van der Waals surface area (Å²) in [7, 11) is 0. The Morgan fingerprint density at radius 2 is 1.86 bits per heavy atom. The smallest absolute Gasteiger partial charge is 0.248 e. The van der Waals surface area contributed by atoms with Crippen molar-refractivity contribution >= 4 is 5.91 Å². The molecular weight excluding hydrogens is 348 g/mol. The summed E-state index contributed by atoms with van der Waals surface area (Å²) in [5.74, 6) is -0.186. The van der Waals surface area contributed by atoms with Crippen LogP contribution in [0, 0.1) is 0 Å². The van der Waals surface area contributed by atoms with E-state index in [9.17, 15) is 4.79 Å². The van der Waals surface area contributed by atoms with Crippen LogP contribution in [-0.2, 0) is 24.2 Å². The molecule has 4 rings (SSSR count). The molecule has 0 spiro atoms. The highest BCUT2D eigenvalue weighted by atomic mass is 16.3. The van der Waals surface area contributed by atoms with Gasteiger partial charge >= 0.3 is 0 Å². The Morgan fingerprint density at radius 3 is 2.57 bits per heavy atom. The minimum atomic E-state index is -0.406. The molecule has 0 aromatic heterocycles. The second-order valence-electron chi connectivity index (χ2n) is 8.18. The van der Waals surface area contributed by atoms with Crippen molar-refractivity contribution in [1.82, 2.24) is 9.80 Å². The SMILES string of the molecule is CC1CCCN1CCc1ccc(-c2ccc3c(c2)CCN(C(=O)CO)C3)cc1. The summed E-state index contributed by atoms with van der Waals surface area (Å²) in [6, 6.07) is 16.3. The molecule has 4 heteroatoms. The average Bonchev–Trinajstić information content (AvgIpc) is 3.16. The second kappa shape index (κ2) is 8.46. The van der Waals surface area contributed by atoms with E-state index in [0.717, 1.165) is 25.4 Å². The Labute approximate surface area is 167 Å². The minimum Gasteiger partial charge on any atom is -0.387 e. The van der Waals surface area contributed by atoms with Crippen LogP contribution < -0.4 is 0 Å². The molecule has 2 aliphatic heterocycles. The normalized spacial score (nSPS) is 19.6. The van der Waals surface area contributed by atoms with E-state index in [4.69, 9.17) is 5.11 Å². The van der Waals surface area contributed by atoms with Crippen LogP contribution in [0.5, 0.6) is 0 Å². The third kappa shape index (κ3) is 4.13. The fourth-order valence-corrected chi connectivity index (χ4v) is 4.51. The summed E-state index contributed by atoms with van der Waals surface area (Å²) >= 11 is 0. The maximum absolute atomic E-state index is 11.7. The first-order chi connectivity index (χ1) is 13.6. The molecule has 0 radical (unpaired) electrons. The summed E-state index contributed by atoms with van der Waals surface area (Å²) < 4.78 is 0. The molecule has 1 amide bonds. The molecule has 2 aromatic carbocycles. The number of hydrogen-bond acceptors (Lipinski definition) is 3. The molecule has 28 heavy (non-hydrogen) atoms. The quantitative estimate of drug-likeness (QED) is 0.869. The van der Waals surface area contributed by atoms with Crippen LogP contribution >= 0.6 is 0 Å². The maximum atomic E-state index is 11.7. The van der Waals surface area contributed by atoms with Gasteiger partial charge in [-0.15, -0.1) is 0 Å². The number of aliphatic hydroxyl groups is 1. The van der Waals surface area contributed by atoms with Crippen molar-refractivity contribution in [3.05, 3.63) is 59.2 Å². The number of fused-ring (bicyclic) bond motifs is 1. The van der Waals surface area contributed by atoms with Crippen LogP contribution in [0.2, 0.25) is 0 Å². The lowest BCUT2D eigenvalue weighted by Crippen LogP contribution is -2.37. The van der Waals surface area contributed by atoms with Gasteiger partial charge in [0.05, 0.1) is 0 Å². The van der Waals surface area contributed by atoms with Crippen molar-refractivity contribution in [3.8, 4) is 11.1 Å². The number of benzene rings is 2. The number of carbonyl (C=O) groups is 1. The standard InChI is InChI=1S/C24H30N2O2/c1-18-3-2-12-25(18)13-10-19-4-6-20(7-5-19)21-8-9-23-16-26(24(28)17-27)14-11-22(23)15-21/h4-9,15,18,27H,2-3,10-14,16-17H2,1H3. The highest BCUT2D eigenvalue weighted by molar-refractivity contribution is 5.77. The average molecular weight is 379 g/mol. The zero-order valence-corrected chi connectivity index (χ0v) is 16.7. The van der Waals surface area contributed by atoms with Gasteiger partial charge in [0.25, 0.3) is 0 Å². The lowest BCUT2D eigenvalue weighted by Gasteiger charge is -2.28. The molecule has 0 aliphatic carbocycles. The van der Waals surface area contributed by atoms with E-state index in [-0.39, 0.29) is 5.91 Å². The van der Waals surface area contributed by atoms with Crippen LogP contribution in [0.1, 0.15) is 36.5 Å². The Bertz CT molecular complexity index is 831. The van der Waals surface area contributed by atoms with E-state index in [2.05, 4.69) is 54.3 Å². The van der Waals surface area contributed by atoms with Gasteiger partial charge in [0.1, 0.15) is 6.61 Å². The van der Waals surface area contributed by atoms with Gasteiger partial charge in [0.2, 0.25) is 5.91 Å². The Hall–Kier alpha value is -2.17. The van der Waals surface area contributed by atoms with Crippen molar-refractivity contribution in [2.45, 2.75) is 45.2 Å². The zero-order valence-electron chi connectivity index (χ0n) is 16.7. The van der Waals surface area contributed by atoms with E-state index in [1.807, 2.05) is 0 Å². The van der Waals surface area contributed by atoms with E-state index >= 15 is 0 Å². The molecule has 1 atom stereocenters. The molecule has 4 nitrogen and oxygen atoms in total. The van der Waals surface area contributed by atoms with Crippen LogP contribution in [0.25, 0.3) is 11.1 Å². The molecule has 0 bridgehead atoms.